The molecule has 458 valence electrons. The van der Waals surface area contributed by atoms with Crippen molar-refractivity contribution in [3.63, 3.8) is 0 Å². The Morgan fingerprint density at radius 3 is 1.33 bits per heavy atom. The number of amides is 2. The third kappa shape index (κ3) is 13.9. The van der Waals surface area contributed by atoms with Crippen molar-refractivity contribution in [3.8, 4) is 0 Å². The minimum atomic E-state index is -3.20. The average molecular weight is 1160 g/mol. The Hall–Kier alpha value is -2.79. The van der Waals surface area contributed by atoms with Gasteiger partial charge in [0.1, 0.15) is 140 Å². The first-order valence-electron chi connectivity index (χ1n) is 24.8. The summed E-state index contributed by atoms with van der Waals surface area (Å²) >= 11 is 0. The van der Waals surface area contributed by atoms with E-state index in [2.05, 4.69) is 10.6 Å². The van der Waals surface area contributed by atoms with E-state index in [0.717, 1.165) is 13.8 Å². The molecule has 36 nitrogen and oxygen atoms in total. The Morgan fingerprint density at radius 1 is 0.494 bits per heavy atom. The van der Waals surface area contributed by atoms with Gasteiger partial charge in [-0.1, -0.05) is 0 Å². The van der Waals surface area contributed by atoms with Gasteiger partial charge in [-0.25, -0.2) is 4.79 Å². The fourth-order valence-electron chi connectivity index (χ4n) is 10.0. The van der Waals surface area contributed by atoms with Crippen LogP contribution in [0.15, 0.2) is 0 Å². The number of aliphatic carboxylic acids is 1. The summed E-state index contributed by atoms with van der Waals surface area (Å²) in [6.45, 7) is -4.50. The molecular weight excluding hydrogens is 1090 g/mol. The standard InChI is InChI=1S/C43H72N2O34/c1-10(52)44-19-12(54)3-43(42(67)68,78-33(19)21(56)13(55)4-46)79-36-24(59)16(7-49)72-41(30(36)65)74-31-18(9-51)73-38(20(25(31)60)45-11(2)53)76-34-22(57)14(5-47)71-40(28(34)63)77-35-23(58)15(6-48)70-39(29(35)64)75-32-17(8-50)69-37(66)27(62)26(32)61/h12-41,46-51,54-66H,3-9H2,1-2H3,(H,44,52)(H,45,53)(H,67,68)/t12-,13+,14+,15+,16+,17+,18+,19+,20+,21+,22-,23-,24-,25+,26+,27+,28+,29+,30+,31+,32+,33+,34-,35-,36-,37+,38-,39-,40-,41-,43-/m0/s1. The second kappa shape index (κ2) is 27.7. The molecule has 22 N–H and O–H groups in total. The van der Waals surface area contributed by atoms with Crippen LogP contribution in [0.1, 0.15) is 20.3 Å². The van der Waals surface area contributed by atoms with Gasteiger partial charge in [-0.15, -0.1) is 0 Å². The van der Waals surface area contributed by atoms with Gasteiger partial charge in [0.2, 0.25) is 11.8 Å². The molecule has 6 rings (SSSR count). The van der Waals surface area contributed by atoms with E-state index < -0.39 is 254 Å². The van der Waals surface area contributed by atoms with Crippen molar-refractivity contribution in [1.29, 1.82) is 0 Å². The lowest BCUT2D eigenvalue weighted by atomic mass is 9.88. The van der Waals surface area contributed by atoms with E-state index in [-0.39, 0.29) is 0 Å². The monoisotopic (exact) mass is 1160 g/mol. The summed E-state index contributed by atoms with van der Waals surface area (Å²) in [5.41, 5.74) is 0. The minimum Gasteiger partial charge on any atom is -0.477 e. The van der Waals surface area contributed by atoms with E-state index in [9.17, 15) is 117 Å². The number of aliphatic hydroxyl groups excluding tert-OH is 19. The SMILES string of the molecule is CC(=O)N[C@H]1[C@H](O[C@H]2[C@@H](O)[C@@H](CO)O[C@@H](O[C@H]3[C@@H](O)[C@@H](CO)O[C@@H](O[C@H]4[C@H](O)[C@@H](O)[C@H](O)O[C@@H]4CO)[C@@H]3O)[C@@H]2O)O[C@H](CO)[C@@H](O[C@@H]2O[C@H](CO)[C@H](O)[C@H](O[C@]3(C(=O)O)C[C@H](O)[C@@H](NC(C)=O)[C@H]([C@H](O)[C@H](O)CO)O3)[C@H]2O)[C@@H]1O. The first kappa shape index (κ1) is 65.4. The summed E-state index contributed by atoms with van der Waals surface area (Å²) < 4.78 is 62.0. The zero-order valence-electron chi connectivity index (χ0n) is 41.9. The van der Waals surface area contributed by atoms with Crippen molar-refractivity contribution in [3.05, 3.63) is 0 Å². The van der Waals surface area contributed by atoms with Crippen molar-refractivity contribution < 1.29 is 169 Å². The fourth-order valence-corrected chi connectivity index (χ4v) is 10.0. The largest absolute Gasteiger partial charge is 0.477 e. The summed E-state index contributed by atoms with van der Waals surface area (Å²) in [6, 6.07) is -3.57. The molecular formula is C43H72N2O34. The van der Waals surface area contributed by atoms with Crippen molar-refractivity contribution in [2.24, 2.45) is 0 Å². The number of hydrogen-bond acceptors (Lipinski definition) is 33. The number of carbonyl (C=O) groups excluding carboxylic acids is 2. The van der Waals surface area contributed by atoms with Crippen LogP contribution < -0.4 is 10.6 Å². The lowest BCUT2D eigenvalue weighted by Crippen LogP contribution is -2.71. The molecule has 0 aliphatic carbocycles. The van der Waals surface area contributed by atoms with E-state index >= 15 is 0 Å². The first-order chi connectivity index (χ1) is 37.2. The Labute approximate surface area is 446 Å². The molecule has 0 aromatic heterocycles. The zero-order valence-corrected chi connectivity index (χ0v) is 41.9. The maximum absolute atomic E-state index is 13.0. The molecule has 2 amide bonds. The fraction of sp³-hybridized carbons (Fsp3) is 0.930. The molecule has 0 radical (unpaired) electrons. The van der Waals surface area contributed by atoms with E-state index in [1.165, 1.54) is 0 Å². The number of nitrogens with one attached hydrogen (secondary N) is 2. The van der Waals surface area contributed by atoms with Gasteiger partial charge in [0.15, 0.2) is 31.5 Å². The summed E-state index contributed by atoms with van der Waals surface area (Å²) in [6.07, 6.45) is -58.4. The van der Waals surface area contributed by atoms with Crippen molar-refractivity contribution >= 4 is 17.8 Å². The Bertz CT molecular complexity index is 1970. The third-order valence-electron chi connectivity index (χ3n) is 14.2. The highest BCUT2D eigenvalue weighted by atomic mass is 16.8. The van der Waals surface area contributed by atoms with Crippen LogP contribution in [0.3, 0.4) is 0 Å². The molecule has 6 aliphatic heterocycles. The first-order valence-corrected chi connectivity index (χ1v) is 24.8. The van der Waals surface area contributed by atoms with Crippen LogP contribution in [-0.4, -0.2) is 349 Å². The normalized spacial score (nSPS) is 47.7. The molecule has 0 aromatic rings. The van der Waals surface area contributed by atoms with Crippen LogP contribution in [-0.2, 0) is 66.5 Å². The molecule has 6 aliphatic rings. The summed E-state index contributed by atoms with van der Waals surface area (Å²) in [5.74, 6) is -7.05. The highest BCUT2D eigenvalue weighted by Crippen LogP contribution is 2.40. The number of aliphatic hydroxyl groups is 19. The van der Waals surface area contributed by atoms with Gasteiger partial charge in [-0.2, -0.15) is 0 Å². The predicted octanol–water partition coefficient (Wildman–Crippen LogP) is -14.6. The van der Waals surface area contributed by atoms with Crippen LogP contribution in [0, 0.1) is 0 Å². The average Bonchev–Trinajstić information content (AvgIpc) is 3.54. The molecule has 0 saturated carbocycles. The summed E-state index contributed by atoms with van der Waals surface area (Å²) in [4.78, 5) is 37.7. The number of ether oxygens (including phenoxy) is 11. The molecule has 0 unspecified atom stereocenters. The third-order valence-corrected chi connectivity index (χ3v) is 14.2. The number of rotatable bonds is 21. The van der Waals surface area contributed by atoms with Gasteiger partial charge in [0.05, 0.1) is 51.8 Å². The van der Waals surface area contributed by atoms with Crippen LogP contribution in [0.2, 0.25) is 0 Å². The van der Waals surface area contributed by atoms with Gasteiger partial charge in [0, 0.05) is 20.3 Å². The van der Waals surface area contributed by atoms with Gasteiger partial charge in [0.25, 0.3) is 5.79 Å². The van der Waals surface area contributed by atoms with Gasteiger partial charge in [-0.05, 0) is 0 Å². The number of carboxylic acids is 1. The summed E-state index contributed by atoms with van der Waals surface area (Å²) in [7, 11) is 0. The van der Waals surface area contributed by atoms with Crippen molar-refractivity contribution in [2.45, 2.75) is 210 Å². The van der Waals surface area contributed by atoms with Crippen LogP contribution in [0.5, 0.6) is 0 Å². The molecule has 31 atom stereocenters. The van der Waals surface area contributed by atoms with Crippen molar-refractivity contribution in [1.82, 2.24) is 10.6 Å². The van der Waals surface area contributed by atoms with E-state index in [1.54, 1.807) is 0 Å². The highest BCUT2D eigenvalue weighted by Gasteiger charge is 2.61. The molecule has 6 heterocycles. The maximum Gasteiger partial charge on any atom is 0.364 e. The second-order valence-electron chi connectivity index (χ2n) is 19.7. The van der Waals surface area contributed by atoms with E-state index in [4.69, 9.17) is 52.1 Å². The second-order valence-corrected chi connectivity index (χ2v) is 19.7. The smallest absolute Gasteiger partial charge is 0.364 e. The van der Waals surface area contributed by atoms with Crippen LogP contribution >= 0.6 is 0 Å². The Kier molecular flexibility index (Phi) is 22.9. The molecule has 6 saturated heterocycles. The zero-order chi connectivity index (χ0) is 58.7. The lowest BCUT2D eigenvalue weighted by Gasteiger charge is -2.51. The van der Waals surface area contributed by atoms with E-state index in [1.807, 2.05) is 0 Å². The number of hydrogen-bond donors (Lipinski definition) is 22. The van der Waals surface area contributed by atoms with Crippen LogP contribution in [0.25, 0.3) is 0 Å². The van der Waals surface area contributed by atoms with E-state index in [0.29, 0.717) is 0 Å². The minimum absolute atomic E-state index is 0.829. The maximum atomic E-state index is 13.0. The molecule has 0 aromatic carbocycles. The molecule has 36 heteroatoms. The number of carboxylic acid groups (broad SMARTS) is 1. The van der Waals surface area contributed by atoms with Crippen molar-refractivity contribution in [2.75, 3.05) is 39.6 Å². The highest BCUT2D eigenvalue weighted by molar-refractivity contribution is 5.76. The van der Waals surface area contributed by atoms with Gasteiger partial charge in [-0.3, -0.25) is 9.59 Å². The molecule has 6 fully saturated rings. The Balaban J connectivity index is 1.23. The van der Waals surface area contributed by atoms with Gasteiger partial charge >= 0.3 is 5.97 Å². The van der Waals surface area contributed by atoms with Gasteiger partial charge < -0.3 is 165 Å². The molecule has 79 heavy (non-hydrogen) atoms. The lowest BCUT2D eigenvalue weighted by molar-refractivity contribution is -0.393. The topological polar surface area (TPSA) is 581 Å². The number of carbonyl (C=O) groups is 3. The quantitative estimate of drug-likeness (QED) is 0.0507. The Morgan fingerprint density at radius 2 is 0.886 bits per heavy atom. The molecule has 0 bridgehead atoms. The molecule has 0 spiro atoms. The summed E-state index contributed by atoms with van der Waals surface area (Å²) in [5, 5.41) is 219. The van der Waals surface area contributed by atoms with Crippen LogP contribution in [0.4, 0.5) is 0 Å². The predicted molar refractivity (Wildman–Crippen MR) is 240 cm³/mol.